The van der Waals surface area contributed by atoms with Crippen molar-refractivity contribution < 1.29 is 0 Å². The fraction of sp³-hybridized carbons (Fsp3) is 0.812. The van der Waals surface area contributed by atoms with E-state index in [1.165, 1.54) is 25.0 Å². The molecule has 2 atom stereocenters. The molecule has 1 N–H and O–H groups in total. The molecule has 0 spiro atoms. The summed E-state index contributed by atoms with van der Waals surface area (Å²) >= 11 is 6.47. The third kappa shape index (κ3) is 3.37. The van der Waals surface area contributed by atoms with Gasteiger partial charge in [-0.05, 0) is 50.6 Å². The van der Waals surface area contributed by atoms with Gasteiger partial charge >= 0.3 is 0 Å². The lowest BCUT2D eigenvalue weighted by molar-refractivity contribution is 0.155. The highest BCUT2D eigenvalue weighted by molar-refractivity contribution is 6.31. The van der Waals surface area contributed by atoms with Crippen LogP contribution in [0.15, 0.2) is 6.20 Å². The normalized spacial score (nSPS) is 25.9. The van der Waals surface area contributed by atoms with E-state index < -0.39 is 0 Å². The van der Waals surface area contributed by atoms with Crippen LogP contribution < -0.4 is 5.32 Å². The van der Waals surface area contributed by atoms with Crippen molar-refractivity contribution in [2.45, 2.75) is 58.9 Å². The van der Waals surface area contributed by atoms with Crippen molar-refractivity contribution >= 4 is 11.6 Å². The zero-order valence-corrected chi connectivity index (χ0v) is 14.0. The Labute approximate surface area is 128 Å². The molecule has 1 aliphatic rings. The van der Waals surface area contributed by atoms with Crippen LogP contribution in [0.25, 0.3) is 0 Å². The van der Waals surface area contributed by atoms with E-state index in [1.807, 2.05) is 13.2 Å². The Morgan fingerprint density at radius 3 is 2.90 bits per heavy atom. The van der Waals surface area contributed by atoms with E-state index in [-0.39, 0.29) is 0 Å². The average Bonchev–Trinajstić information content (AvgIpc) is 2.73. The van der Waals surface area contributed by atoms with Crippen molar-refractivity contribution in [1.29, 1.82) is 0 Å². The molecule has 0 amide bonds. The van der Waals surface area contributed by atoms with Crippen LogP contribution in [-0.2, 0) is 6.54 Å². The van der Waals surface area contributed by atoms with Gasteiger partial charge in [0, 0.05) is 12.5 Å². The van der Waals surface area contributed by atoms with Crippen molar-refractivity contribution in [2.24, 2.45) is 11.3 Å². The molecule has 2 unspecified atom stereocenters. The third-order valence-corrected chi connectivity index (χ3v) is 4.91. The third-order valence-electron chi connectivity index (χ3n) is 4.62. The lowest BCUT2D eigenvalue weighted by Gasteiger charge is -2.41. The number of nitrogens with zero attached hydrogens (tertiary/aromatic N) is 2. The molecule has 0 aromatic carbocycles. The highest BCUT2D eigenvalue weighted by Gasteiger charge is 2.37. The molecule has 1 heterocycles. The standard InChI is InChI=1S/C16H28ClN3/c1-5-8-20-15(14(17)11-19-20)13-9-16(2,3)7-6-12(13)10-18-4/h11-13,18H,5-10H2,1-4H3. The first-order valence-electron chi connectivity index (χ1n) is 7.84. The molecule has 2 rings (SSSR count). The fourth-order valence-electron chi connectivity index (χ4n) is 3.60. The molecule has 1 fully saturated rings. The minimum atomic E-state index is 0.402. The van der Waals surface area contributed by atoms with Crippen molar-refractivity contribution in [3.8, 4) is 0 Å². The number of aryl methyl sites for hydroxylation is 1. The van der Waals surface area contributed by atoms with E-state index in [4.69, 9.17) is 11.6 Å². The average molecular weight is 298 g/mol. The number of aromatic nitrogens is 2. The monoisotopic (exact) mass is 297 g/mol. The molecule has 20 heavy (non-hydrogen) atoms. The maximum atomic E-state index is 6.47. The summed E-state index contributed by atoms with van der Waals surface area (Å²) in [5.74, 6) is 1.19. The molecule has 1 aromatic rings. The van der Waals surface area contributed by atoms with Crippen molar-refractivity contribution in [1.82, 2.24) is 15.1 Å². The molecular formula is C16H28ClN3. The number of hydrogen-bond donors (Lipinski definition) is 1. The second-order valence-corrected chi connectivity index (χ2v) is 7.34. The minimum Gasteiger partial charge on any atom is -0.319 e. The fourth-order valence-corrected chi connectivity index (χ4v) is 3.88. The molecule has 114 valence electrons. The van der Waals surface area contributed by atoms with Gasteiger partial charge in [-0.1, -0.05) is 32.4 Å². The lowest BCUT2D eigenvalue weighted by Crippen LogP contribution is -2.35. The maximum Gasteiger partial charge on any atom is 0.0820 e. The summed E-state index contributed by atoms with van der Waals surface area (Å²) < 4.78 is 2.14. The van der Waals surface area contributed by atoms with Gasteiger partial charge in [0.25, 0.3) is 0 Å². The Kier molecular flexibility index (Phi) is 5.14. The zero-order chi connectivity index (χ0) is 14.8. The van der Waals surface area contributed by atoms with Gasteiger partial charge in [-0.3, -0.25) is 4.68 Å². The summed E-state index contributed by atoms with van der Waals surface area (Å²) in [6, 6.07) is 0. The lowest BCUT2D eigenvalue weighted by atomic mass is 9.66. The van der Waals surface area contributed by atoms with Gasteiger partial charge < -0.3 is 5.32 Å². The van der Waals surface area contributed by atoms with E-state index in [2.05, 4.69) is 35.9 Å². The molecule has 1 aromatic heterocycles. The van der Waals surface area contributed by atoms with Gasteiger partial charge in [0.05, 0.1) is 16.9 Å². The first-order chi connectivity index (χ1) is 9.48. The zero-order valence-electron chi connectivity index (χ0n) is 13.2. The second kappa shape index (κ2) is 6.48. The number of rotatable bonds is 5. The molecule has 4 heteroatoms. The predicted octanol–water partition coefficient (Wildman–Crippen LogP) is 4.08. The van der Waals surface area contributed by atoms with Crippen LogP contribution in [0.3, 0.4) is 0 Å². The molecule has 0 bridgehead atoms. The Bertz CT molecular complexity index is 439. The summed E-state index contributed by atoms with van der Waals surface area (Å²) in [4.78, 5) is 0. The van der Waals surface area contributed by atoms with Crippen LogP contribution in [0, 0.1) is 11.3 Å². The molecule has 1 saturated carbocycles. The predicted molar refractivity (Wildman–Crippen MR) is 85.3 cm³/mol. The van der Waals surface area contributed by atoms with Gasteiger partial charge in [0.1, 0.15) is 0 Å². The van der Waals surface area contributed by atoms with E-state index in [0.29, 0.717) is 17.3 Å². The summed E-state index contributed by atoms with van der Waals surface area (Å²) in [5.41, 5.74) is 1.67. The highest BCUT2D eigenvalue weighted by atomic mass is 35.5. The van der Waals surface area contributed by atoms with Crippen LogP contribution in [0.2, 0.25) is 5.02 Å². The molecule has 1 aliphatic carbocycles. The van der Waals surface area contributed by atoms with Gasteiger partial charge in [-0.25, -0.2) is 0 Å². The van der Waals surface area contributed by atoms with Crippen LogP contribution in [0.4, 0.5) is 0 Å². The highest BCUT2D eigenvalue weighted by Crippen LogP contribution is 2.47. The largest absolute Gasteiger partial charge is 0.319 e. The first kappa shape index (κ1) is 15.8. The quantitative estimate of drug-likeness (QED) is 0.887. The van der Waals surface area contributed by atoms with Gasteiger partial charge in [0.15, 0.2) is 0 Å². The molecular weight excluding hydrogens is 270 g/mol. The van der Waals surface area contributed by atoms with Crippen LogP contribution in [0.5, 0.6) is 0 Å². The summed E-state index contributed by atoms with van der Waals surface area (Å²) in [6.07, 6.45) is 6.69. The van der Waals surface area contributed by atoms with Crippen LogP contribution >= 0.6 is 11.6 Å². The van der Waals surface area contributed by atoms with Crippen molar-refractivity contribution in [3.63, 3.8) is 0 Å². The molecule has 0 saturated heterocycles. The topological polar surface area (TPSA) is 29.9 Å². The second-order valence-electron chi connectivity index (χ2n) is 6.93. The smallest absolute Gasteiger partial charge is 0.0820 e. The number of halogens is 1. The first-order valence-corrected chi connectivity index (χ1v) is 8.22. The molecule has 3 nitrogen and oxygen atoms in total. The maximum absolute atomic E-state index is 6.47. The van der Waals surface area contributed by atoms with Gasteiger partial charge in [0.2, 0.25) is 0 Å². The van der Waals surface area contributed by atoms with Crippen molar-refractivity contribution in [2.75, 3.05) is 13.6 Å². The Morgan fingerprint density at radius 1 is 1.50 bits per heavy atom. The summed E-state index contributed by atoms with van der Waals surface area (Å²) in [5, 5.41) is 8.69. The van der Waals surface area contributed by atoms with E-state index in [1.54, 1.807) is 0 Å². The minimum absolute atomic E-state index is 0.402. The van der Waals surface area contributed by atoms with E-state index in [9.17, 15) is 0 Å². The van der Waals surface area contributed by atoms with Gasteiger partial charge in [-0.2, -0.15) is 5.10 Å². The SMILES string of the molecule is CCCn1ncc(Cl)c1C1CC(C)(C)CCC1CNC. The summed E-state index contributed by atoms with van der Waals surface area (Å²) in [7, 11) is 2.04. The van der Waals surface area contributed by atoms with Crippen molar-refractivity contribution in [3.05, 3.63) is 16.9 Å². The molecule has 0 aliphatic heterocycles. The number of hydrogen-bond acceptors (Lipinski definition) is 2. The van der Waals surface area contributed by atoms with E-state index >= 15 is 0 Å². The summed E-state index contributed by atoms with van der Waals surface area (Å²) in [6.45, 7) is 8.98. The Hall–Kier alpha value is -0.540. The molecule has 0 radical (unpaired) electrons. The van der Waals surface area contributed by atoms with E-state index in [0.717, 1.165) is 24.5 Å². The Morgan fingerprint density at radius 2 is 2.25 bits per heavy atom. The van der Waals surface area contributed by atoms with Crippen LogP contribution in [-0.4, -0.2) is 23.4 Å². The van der Waals surface area contributed by atoms with Gasteiger partial charge in [-0.15, -0.1) is 0 Å². The Balaban J connectivity index is 2.32. The number of nitrogens with one attached hydrogen (secondary N) is 1. The van der Waals surface area contributed by atoms with Crippen LogP contribution in [0.1, 0.15) is 58.1 Å².